The molecule has 148 valence electrons. The molecule has 0 fully saturated rings. The fourth-order valence-corrected chi connectivity index (χ4v) is 4.66. The average molecular weight is 410 g/mol. The van der Waals surface area contributed by atoms with Crippen LogP contribution in [-0.4, -0.2) is 29.6 Å². The van der Waals surface area contributed by atoms with Crippen LogP contribution in [0.2, 0.25) is 0 Å². The van der Waals surface area contributed by atoms with Crippen LogP contribution < -0.4 is 5.32 Å². The van der Waals surface area contributed by atoms with Crippen molar-refractivity contribution in [1.29, 1.82) is 0 Å². The SMILES string of the molecule is CNCc1cc(-c2ccccc2F)n(S(=O)(=O)c2cccc(-c3cn[nH]c3)c2)c1. The van der Waals surface area contributed by atoms with Gasteiger partial charge in [0.05, 0.1) is 16.8 Å². The zero-order valence-electron chi connectivity index (χ0n) is 15.6. The third-order valence-corrected chi connectivity index (χ3v) is 6.27. The molecular weight excluding hydrogens is 391 g/mol. The van der Waals surface area contributed by atoms with Crippen molar-refractivity contribution in [2.75, 3.05) is 7.05 Å². The number of nitrogens with one attached hydrogen (secondary N) is 2. The summed E-state index contributed by atoms with van der Waals surface area (Å²) >= 11 is 0. The molecule has 2 N–H and O–H groups in total. The fourth-order valence-electron chi connectivity index (χ4n) is 3.22. The monoisotopic (exact) mass is 410 g/mol. The van der Waals surface area contributed by atoms with Gasteiger partial charge in [-0.25, -0.2) is 16.8 Å². The van der Waals surface area contributed by atoms with Crippen molar-refractivity contribution >= 4 is 10.0 Å². The number of benzene rings is 2. The Balaban J connectivity index is 1.87. The summed E-state index contributed by atoms with van der Waals surface area (Å²) in [6.07, 6.45) is 4.84. The van der Waals surface area contributed by atoms with Crippen molar-refractivity contribution in [2.45, 2.75) is 11.4 Å². The van der Waals surface area contributed by atoms with Gasteiger partial charge in [-0.3, -0.25) is 5.10 Å². The van der Waals surface area contributed by atoms with Gasteiger partial charge in [0, 0.05) is 30.1 Å². The molecule has 2 heterocycles. The number of hydrogen-bond donors (Lipinski definition) is 2. The summed E-state index contributed by atoms with van der Waals surface area (Å²) in [6.45, 7) is 0.457. The number of nitrogens with zero attached hydrogens (tertiary/aromatic N) is 2. The van der Waals surface area contributed by atoms with Gasteiger partial charge in [-0.1, -0.05) is 24.3 Å². The molecule has 0 unspecified atom stereocenters. The Hall–Kier alpha value is -3.23. The molecule has 8 heteroatoms. The smallest absolute Gasteiger partial charge is 0.268 e. The van der Waals surface area contributed by atoms with E-state index in [0.717, 1.165) is 20.7 Å². The van der Waals surface area contributed by atoms with Gasteiger partial charge in [0.25, 0.3) is 10.0 Å². The van der Waals surface area contributed by atoms with Crippen LogP contribution in [0.1, 0.15) is 5.56 Å². The number of H-pyrrole nitrogens is 1. The highest BCUT2D eigenvalue weighted by molar-refractivity contribution is 7.90. The predicted octanol–water partition coefficient (Wildman–Crippen LogP) is 3.64. The molecule has 6 nitrogen and oxygen atoms in total. The summed E-state index contributed by atoms with van der Waals surface area (Å²) < 4.78 is 42.6. The Kier molecular flexibility index (Phi) is 5.04. The van der Waals surface area contributed by atoms with Crippen molar-refractivity contribution in [2.24, 2.45) is 0 Å². The molecule has 0 bridgehead atoms. The highest BCUT2D eigenvalue weighted by Gasteiger charge is 2.23. The van der Waals surface area contributed by atoms with E-state index in [1.165, 1.54) is 18.3 Å². The lowest BCUT2D eigenvalue weighted by molar-refractivity contribution is 0.587. The van der Waals surface area contributed by atoms with E-state index in [4.69, 9.17) is 0 Å². The number of rotatable bonds is 6. The number of aromatic amines is 1. The third-order valence-electron chi connectivity index (χ3n) is 4.60. The quantitative estimate of drug-likeness (QED) is 0.509. The highest BCUT2D eigenvalue weighted by atomic mass is 32.2. The second-order valence-corrected chi connectivity index (χ2v) is 8.37. The van der Waals surface area contributed by atoms with Gasteiger partial charge >= 0.3 is 0 Å². The molecule has 4 rings (SSSR count). The van der Waals surface area contributed by atoms with Crippen LogP contribution in [0.25, 0.3) is 22.4 Å². The lowest BCUT2D eigenvalue weighted by atomic mass is 10.1. The molecule has 0 radical (unpaired) electrons. The molecule has 0 aliphatic carbocycles. The summed E-state index contributed by atoms with van der Waals surface area (Å²) in [7, 11) is -2.19. The Morgan fingerprint density at radius 3 is 2.66 bits per heavy atom. The zero-order valence-corrected chi connectivity index (χ0v) is 16.4. The lowest BCUT2D eigenvalue weighted by Crippen LogP contribution is -2.14. The Morgan fingerprint density at radius 2 is 1.93 bits per heavy atom. The van der Waals surface area contributed by atoms with Crippen LogP contribution in [0.3, 0.4) is 0 Å². The molecule has 0 atom stereocenters. The van der Waals surface area contributed by atoms with Gasteiger partial charge in [0.15, 0.2) is 0 Å². The zero-order chi connectivity index (χ0) is 20.4. The maximum Gasteiger partial charge on any atom is 0.268 e. The van der Waals surface area contributed by atoms with E-state index in [2.05, 4.69) is 15.5 Å². The van der Waals surface area contributed by atoms with E-state index in [9.17, 15) is 12.8 Å². The van der Waals surface area contributed by atoms with E-state index in [0.29, 0.717) is 6.54 Å². The van der Waals surface area contributed by atoms with Gasteiger partial charge < -0.3 is 5.32 Å². The highest BCUT2D eigenvalue weighted by Crippen LogP contribution is 2.30. The Bertz CT molecular complexity index is 1250. The Morgan fingerprint density at radius 1 is 1.10 bits per heavy atom. The Labute approximate surface area is 168 Å². The number of hydrogen-bond acceptors (Lipinski definition) is 4. The molecule has 4 aromatic rings. The standard InChI is InChI=1S/C21H19FN4O2S/c1-23-11-15-9-21(19-7-2-3-8-20(19)22)26(14-15)29(27,28)18-6-4-5-16(10-18)17-12-24-25-13-17/h2-10,12-14,23H,11H2,1H3,(H,24,25). The molecule has 29 heavy (non-hydrogen) atoms. The minimum atomic E-state index is -3.95. The normalized spacial score (nSPS) is 11.7. The summed E-state index contributed by atoms with van der Waals surface area (Å²) in [4.78, 5) is 0.111. The molecule has 2 aromatic heterocycles. The van der Waals surface area contributed by atoms with E-state index in [1.807, 2.05) is 6.07 Å². The molecular formula is C21H19FN4O2S. The van der Waals surface area contributed by atoms with Crippen molar-refractivity contribution in [3.05, 3.63) is 84.6 Å². The van der Waals surface area contributed by atoms with Crippen molar-refractivity contribution in [3.8, 4) is 22.4 Å². The van der Waals surface area contributed by atoms with Crippen molar-refractivity contribution < 1.29 is 12.8 Å². The predicted molar refractivity (Wildman–Crippen MR) is 109 cm³/mol. The maximum atomic E-state index is 14.5. The van der Waals surface area contributed by atoms with Gasteiger partial charge in [0.1, 0.15) is 5.82 Å². The van der Waals surface area contributed by atoms with Crippen LogP contribution in [-0.2, 0) is 16.6 Å². The minimum Gasteiger partial charge on any atom is -0.316 e. The first-order chi connectivity index (χ1) is 14.0. The lowest BCUT2D eigenvalue weighted by Gasteiger charge is -2.12. The first kappa shape index (κ1) is 19.1. The van der Waals surface area contributed by atoms with Gasteiger partial charge in [-0.2, -0.15) is 5.10 Å². The van der Waals surface area contributed by atoms with E-state index in [-0.39, 0.29) is 16.2 Å². The largest absolute Gasteiger partial charge is 0.316 e. The molecule has 0 aliphatic heterocycles. The average Bonchev–Trinajstić information content (AvgIpc) is 3.39. The van der Waals surface area contributed by atoms with Crippen LogP contribution >= 0.6 is 0 Å². The van der Waals surface area contributed by atoms with Gasteiger partial charge in [-0.15, -0.1) is 0 Å². The second-order valence-electron chi connectivity index (χ2n) is 6.56. The van der Waals surface area contributed by atoms with Crippen LogP contribution in [0, 0.1) is 5.82 Å². The number of aromatic nitrogens is 3. The summed E-state index contributed by atoms with van der Waals surface area (Å²) in [6, 6.07) is 14.4. The second kappa shape index (κ2) is 7.65. The molecule has 0 spiro atoms. The van der Waals surface area contributed by atoms with Gasteiger partial charge in [0.2, 0.25) is 0 Å². The van der Waals surface area contributed by atoms with Crippen molar-refractivity contribution in [3.63, 3.8) is 0 Å². The molecule has 0 amide bonds. The van der Waals surface area contributed by atoms with E-state index in [1.54, 1.807) is 55.8 Å². The number of halogens is 1. The first-order valence-corrected chi connectivity index (χ1v) is 10.4. The van der Waals surface area contributed by atoms with E-state index < -0.39 is 15.8 Å². The van der Waals surface area contributed by atoms with Gasteiger partial charge in [-0.05, 0) is 48.5 Å². The topological polar surface area (TPSA) is 79.8 Å². The van der Waals surface area contributed by atoms with Crippen LogP contribution in [0.5, 0.6) is 0 Å². The minimum absolute atomic E-state index is 0.111. The molecule has 0 aliphatic rings. The maximum absolute atomic E-state index is 14.5. The first-order valence-electron chi connectivity index (χ1n) is 8.96. The summed E-state index contributed by atoms with van der Waals surface area (Å²) in [5.41, 5.74) is 2.74. The van der Waals surface area contributed by atoms with Crippen LogP contribution in [0.15, 0.2) is 78.1 Å². The molecule has 0 saturated heterocycles. The van der Waals surface area contributed by atoms with E-state index >= 15 is 0 Å². The van der Waals surface area contributed by atoms with Crippen LogP contribution in [0.4, 0.5) is 4.39 Å². The molecule has 0 saturated carbocycles. The molecule has 2 aromatic carbocycles. The summed E-state index contributed by atoms with van der Waals surface area (Å²) in [5, 5.41) is 9.62. The third kappa shape index (κ3) is 3.59. The fraction of sp³-hybridized carbons (Fsp3) is 0.0952. The van der Waals surface area contributed by atoms with Crippen molar-refractivity contribution in [1.82, 2.24) is 19.5 Å². The summed E-state index contributed by atoms with van der Waals surface area (Å²) in [5.74, 6) is -0.481.